The minimum Gasteiger partial charge on any atom is -0.462 e. The van der Waals surface area contributed by atoms with Crippen LogP contribution in [0.2, 0.25) is 0 Å². The number of hydrogen-bond donors (Lipinski definition) is 0. The third kappa shape index (κ3) is 47.2. The van der Waals surface area contributed by atoms with E-state index >= 15 is 0 Å². The third-order valence-corrected chi connectivity index (χ3v) is 10.1. The Hall–Kier alpha value is -3.67. The van der Waals surface area contributed by atoms with Gasteiger partial charge in [-0.3, -0.25) is 14.4 Å². The zero-order chi connectivity index (χ0) is 44.4. The summed E-state index contributed by atoms with van der Waals surface area (Å²) in [6, 6.07) is 0. The molecule has 0 aromatic heterocycles. The third-order valence-electron chi connectivity index (χ3n) is 10.1. The van der Waals surface area contributed by atoms with Gasteiger partial charge in [-0.2, -0.15) is 0 Å². The van der Waals surface area contributed by atoms with Crippen molar-refractivity contribution in [2.75, 3.05) is 13.2 Å². The molecular formula is C55H90O6. The van der Waals surface area contributed by atoms with Crippen LogP contribution < -0.4 is 0 Å². The number of ether oxygens (including phenoxy) is 3. The molecule has 0 saturated heterocycles. The van der Waals surface area contributed by atoms with Crippen molar-refractivity contribution in [2.45, 2.75) is 219 Å². The maximum atomic E-state index is 12.8. The molecule has 0 aliphatic rings. The van der Waals surface area contributed by atoms with Crippen LogP contribution in [0.1, 0.15) is 213 Å². The van der Waals surface area contributed by atoms with Gasteiger partial charge in [-0.15, -0.1) is 0 Å². The van der Waals surface area contributed by atoms with Crippen LogP contribution in [0.25, 0.3) is 0 Å². The molecule has 0 heterocycles. The van der Waals surface area contributed by atoms with Gasteiger partial charge in [0, 0.05) is 19.3 Å². The summed E-state index contributed by atoms with van der Waals surface area (Å²) in [5.41, 5.74) is 0. The van der Waals surface area contributed by atoms with Gasteiger partial charge in [-0.1, -0.05) is 201 Å². The zero-order valence-corrected chi connectivity index (χ0v) is 39.4. The summed E-state index contributed by atoms with van der Waals surface area (Å²) in [5, 5.41) is 0. The molecule has 0 fully saturated rings. The second kappa shape index (κ2) is 49.0. The Bertz CT molecular complexity index is 1250. The summed E-state index contributed by atoms with van der Waals surface area (Å²) in [6.45, 7) is 6.35. The van der Waals surface area contributed by atoms with Gasteiger partial charge >= 0.3 is 17.9 Å². The summed E-state index contributed by atoms with van der Waals surface area (Å²) in [5.74, 6) is -1.01. The van der Waals surface area contributed by atoms with Crippen LogP contribution in [-0.4, -0.2) is 37.2 Å². The highest BCUT2D eigenvalue weighted by Gasteiger charge is 2.19. The molecule has 0 saturated carbocycles. The first-order valence-corrected chi connectivity index (χ1v) is 24.8. The predicted molar refractivity (Wildman–Crippen MR) is 260 cm³/mol. The van der Waals surface area contributed by atoms with Gasteiger partial charge in [0.2, 0.25) is 0 Å². The van der Waals surface area contributed by atoms with Crippen LogP contribution in [0.15, 0.2) is 97.2 Å². The van der Waals surface area contributed by atoms with E-state index in [1.807, 2.05) is 0 Å². The van der Waals surface area contributed by atoms with Crippen LogP contribution in [-0.2, 0) is 28.6 Å². The summed E-state index contributed by atoms with van der Waals surface area (Å²) in [7, 11) is 0. The molecule has 61 heavy (non-hydrogen) atoms. The molecule has 0 aliphatic carbocycles. The lowest BCUT2D eigenvalue weighted by Gasteiger charge is -2.18. The maximum Gasteiger partial charge on any atom is 0.306 e. The molecule has 0 aliphatic heterocycles. The number of allylic oxidation sites excluding steroid dienone is 16. The van der Waals surface area contributed by atoms with Gasteiger partial charge in [0.15, 0.2) is 6.10 Å². The van der Waals surface area contributed by atoms with E-state index in [0.717, 1.165) is 89.9 Å². The smallest absolute Gasteiger partial charge is 0.306 e. The van der Waals surface area contributed by atoms with Crippen LogP contribution >= 0.6 is 0 Å². The van der Waals surface area contributed by atoms with Crippen molar-refractivity contribution < 1.29 is 28.6 Å². The van der Waals surface area contributed by atoms with Gasteiger partial charge in [-0.25, -0.2) is 0 Å². The van der Waals surface area contributed by atoms with Crippen LogP contribution in [0, 0.1) is 0 Å². The molecule has 1 atom stereocenters. The molecule has 0 amide bonds. The van der Waals surface area contributed by atoms with Gasteiger partial charge in [0.1, 0.15) is 13.2 Å². The molecule has 0 rings (SSSR count). The zero-order valence-electron chi connectivity index (χ0n) is 39.4. The second-order valence-corrected chi connectivity index (χ2v) is 16.1. The molecule has 0 aromatic carbocycles. The lowest BCUT2D eigenvalue weighted by Crippen LogP contribution is -2.30. The fraction of sp³-hybridized carbons (Fsp3) is 0.655. The highest BCUT2D eigenvalue weighted by molar-refractivity contribution is 5.71. The quantitative estimate of drug-likeness (QED) is 0.0200. The van der Waals surface area contributed by atoms with Crippen molar-refractivity contribution in [3.63, 3.8) is 0 Å². The van der Waals surface area contributed by atoms with E-state index < -0.39 is 6.10 Å². The average Bonchev–Trinajstić information content (AvgIpc) is 3.26. The highest BCUT2D eigenvalue weighted by Crippen LogP contribution is 2.13. The second-order valence-electron chi connectivity index (χ2n) is 16.1. The molecule has 0 N–H and O–H groups in total. The van der Waals surface area contributed by atoms with E-state index in [9.17, 15) is 14.4 Å². The molecule has 6 heteroatoms. The number of unbranched alkanes of at least 4 members (excludes halogenated alkanes) is 19. The van der Waals surface area contributed by atoms with E-state index in [1.54, 1.807) is 0 Å². The molecule has 6 nitrogen and oxygen atoms in total. The number of rotatable bonds is 43. The molecule has 0 spiro atoms. The van der Waals surface area contributed by atoms with E-state index in [1.165, 1.54) is 77.0 Å². The fourth-order valence-electron chi connectivity index (χ4n) is 6.37. The number of hydrogen-bond acceptors (Lipinski definition) is 6. The SMILES string of the molecule is CC\C=C/C=C\C=C/CCCCCCCCCC(=O)OC(COC(=O)CCC/C=C\C/C=C\C/C=C\CCCCCCCC)COC(=O)CCCCC/C=C\C=C/CCCC. The Kier molecular flexibility index (Phi) is 46.0. The number of esters is 3. The Labute approximate surface area is 375 Å². The first-order chi connectivity index (χ1) is 30.0. The Morgan fingerprint density at radius 3 is 1.28 bits per heavy atom. The molecule has 0 bridgehead atoms. The first-order valence-electron chi connectivity index (χ1n) is 24.8. The maximum absolute atomic E-state index is 12.8. The molecule has 0 aromatic rings. The number of carbonyl (C=O) groups excluding carboxylic acids is 3. The first kappa shape index (κ1) is 57.3. The fourth-order valence-corrected chi connectivity index (χ4v) is 6.37. The predicted octanol–water partition coefficient (Wildman–Crippen LogP) is 16.2. The monoisotopic (exact) mass is 847 g/mol. The molecule has 346 valence electrons. The lowest BCUT2D eigenvalue weighted by atomic mass is 10.1. The van der Waals surface area contributed by atoms with Crippen molar-refractivity contribution >= 4 is 17.9 Å². The van der Waals surface area contributed by atoms with Crippen LogP contribution in [0.3, 0.4) is 0 Å². The van der Waals surface area contributed by atoms with E-state index in [4.69, 9.17) is 14.2 Å². The average molecular weight is 847 g/mol. The minimum absolute atomic E-state index is 0.114. The van der Waals surface area contributed by atoms with Crippen molar-refractivity contribution in [3.8, 4) is 0 Å². The van der Waals surface area contributed by atoms with Gasteiger partial charge in [0.25, 0.3) is 0 Å². The highest BCUT2D eigenvalue weighted by atomic mass is 16.6. The van der Waals surface area contributed by atoms with E-state index in [-0.39, 0.29) is 37.5 Å². The van der Waals surface area contributed by atoms with Crippen molar-refractivity contribution in [1.29, 1.82) is 0 Å². The van der Waals surface area contributed by atoms with E-state index in [0.29, 0.717) is 19.3 Å². The van der Waals surface area contributed by atoms with Gasteiger partial charge < -0.3 is 14.2 Å². The molecular weight excluding hydrogens is 757 g/mol. The van der Waals surface area contributed by atoms with Gasteiger partial charge in [-0.05, 0) is 89.9 Å². The van der Waals surface area contributed by atoms with Crippen molar-refractivity contribution in [1.82, 2.24) is 0 Å². The van der Waals surface area contributed by atoms with E-state index in [2.05, 4.69) is 118 Å². The summed E-state index contributed by atoms with van der Waals surface area (Å²) in [6.07, 6.45) is 64.0. The summed E-state index contributed by atoms with van der Waals surface area (Å²) in [4.78, 5) is 37.9. The van der Waals surface area contributed by atoms with Gasteiger partial charge in [0.05, 0.1) is 0 Å². The largest absolute Gasteiger partial charge is 0.462 e. The normalized spacial score (nSPS) is 12.9. The Morgan fingerprint density at radius 2 is 0.738 bits per heavy atom. The summed E-state index contributed by atoms with van der Waals surface area (Å²) >= 11 is 0. The molecule has 1 unspecified atom stereocenters. The Morgan fingerprint density at radius 1 is 0.361 bits per heavy atom. The Balaban J connectivity index is 4.51. The lowest BCUT2D eigenvalue weighted by molar-refractivity contribution is -0.167. The topological polar surface area (TPSA) is 78.9 Å². The summed E-state index contributed by atoms with van der Waals surface area (Å²) < 4.78 is 16.7. The van der Waals surface area contributed by atoms with Crippen LogP contribution in [0.4, 0.5) is 0 Å². The van der Waals surface area contributed by atoms with Crippen LogP contribution in [0.5, 0.6) is 0 Å². The molecule has 0 radical (unpaired) electrons. The van der Waals surface area contributed by atoms with Crippen molar-refractivity contribution in [3.05, 3.63) is 97.2 Å². The standard InChI is InChI=1S/C55H90O6/c1-4-7-10-13-16-19-22-24-26-27-29-30-33-36-39-42-45-48-54(57)60-51-52(50-59-53(56)47-44-41-38-35-32-21-18-15-12-9-6-3)61-55(58)49-46-43-40-37-34-31-28-25-23-20-17-14-11-8-5-2/h8,11,14-15,17-18,20-21,23-24,26,29-30,32,36,39,52H,4-7,9-10,12-13,16,19,22,25,27-28,31,33-35,37-38,40-51H2,1-3H3/b11-8-,17-14-,18-15-,23-20-,26-24-,30-29-,32-21-,39-36-. The van der Waals surface area contributed by atoms with Crippen molar-refractivity contribution in [2.24, 2.45) is 0 Å². The number of carbonyl (C=O) groups is 3. The minimum atomic E-state index is -0.814.